The van der Waals surface area contributed by atoms with Gasteiger partial charge in [0.1, 0.15) is 23.9 Å². The second-order valence-electron chi connectivity index (χ2n) is 14.3. The summed E-state index contributed by atoms with van der Waals surface area (Å²) in [5, 5.41) is 0. The van der Waals surface area contributed by atoms with E-state index in [0.29, 0.717) is 24.3 Å². The van der Waals surface area contributed by atoms with E-state index < -0.39 is 16.6 Å². The average Bonchev–Trinajstić information content (AvgIpc) is 3.51. The van der Waals surface area contributed by atoms with Crippen molar-refractivity contribution < 1.29 is 33.3 Å². The number of carbonyl (C=O) groups is 3. The van der Waals surface area contributed by atoms with Gasteiger partial charge in [-0.25, -0.2) is 4.79 Å². The number of ether oxygens (including phenoxy) is 4. The van der Waals surface area contributed by atoms with Gasteiger partial charge in [0.15, 0.2) is 0 Å². The average molecular weight is 541 g/mol. The van der Waals surface area contributed by atoms with Crippen molar-refractivity contribution in [2.45, 2.75) is 117 Å². The molecule has 0 radical (unpaired) electrons. The number of hydrogen-bond acceptors (Lipinski definition) is 7. The van der Waals surface area contributed by atoms with Crippen LogP contribution in [0.25, 0.3) is 0 Å². The van der Waals surface area contributed by atoms with Gasteiger partial charge in [-0.2, -0.15) is 0 Å². The van der Waals surface area contributed by atoms with Crippen molar-refractivity contribution in [3.8, 4) is 0 Å². The lowest BCUT2D eigenvalue weighted by Gasteiger charge is -2.59. The third kappa shape index (κ3) is 3.47. The number of cyclic esters (lactones) is 2. The first-order valence-electron chi connectivity index (χ1n) is 14.8. The molecular formula is C32H44O7. The summed E-state index contributed by atoms with van der Waals surface area (Å²) < 4.78 is 24.6. The first-order valence-corrected chi connectivity index (χ1v) is 14.8. The molecule has 0 N–H and O–H groups in total. The molecule has 3 aliphatic carbocycles. The largest absolute Gasteiger partial charge is 0.465 e. The maximum Gasteiger partial charge on any atom is 0.333 e. The molecule has 3 aliphatic heterocycles. The number of allylic oxidation sites excluding steroid dienone is 1. The molecule has 0 bridgehead atoms. The summed E-state index contributed by atoms with van der Waals surface area (Å²) >= 11 is 0. The van der Waals surface area contributed by atoms with Crippen molar-refractivity contribution in [1.29, 1.82) is 0 Å². The first kappa shape index (κ1) is 27.0. The Morgan fingerprint density at radius 2 is 1.87 bits per heavy atom. The van der Waals surface area contributed by atoms with Crippen LogP contribution in [0.4, 0.5) is 0 Å². The summed E-state index contributed by atoms with van der Waals surface area (Å²) in [6.07, 6.45) is 9.70. The van der Waals surface area contributed by atoms with E-state index in [1.807, 2.05) is 26.8 Å². The van der Waals surface area contributed by atoms with Crippen LogP contribution in [0.5, 0.6) is 0 Å². The lowest BCUT2D eigenvalue weighted by atomic mass is 9.43. The molecule has 0 unspecified atom stereocenters. The second-order valence-corrected chi connectivity index (χ2v) is 14.3. The molecule has 7 heteroatoms. The van der Waals surface area contributed by atoms with Crippen LogP contribution in [0, 0.1) is 34.0 Å². The molecule has 0 aromatic heterocycles. The van der Waals surface area contributed by atoms with E-state index in [1.165, 1.54) is 12.5 Å². The quantitative estimate of drug-likeness (QED) is 0.202. The molecule has 6 aliphatic rings. The summed E-state index contributed by atoms with van der Waals surface area (Å²) in [5.41, 5.74) is 0.105. The van der Waals surface area contributed by atoms with E-state index in [1.54, 1.807) is 0 Å². The van der Waals surface area contributed by atoms with Crippen molar-refractivity contribution in [2.75, 3.05) is 6.61 Å². The Balaban J connectivity index is 1.40. The smallest absolute Gasteiger partial charge is 0.333 e. The van der Waals surface area contributed by atoms with E-state index in [9.17, 15) is 14.4 Å². The molecule has 3 heterocycles. The van der Waals surface area contributed by atoms with Crippen molar-refractivity contribution in [2.24, 2.45) is 34.0 Å². The van der Waals surface area contributed by atoms with Gasteiger partial charge < -0.3 is 18.9 Å². The lowest BCUT2D eigenvalue weighted by molar-refractivity contribution is -0.170. The van der Waals surface area contributed by atoms with Crippen LogP contribution in [0.15, 0.2) is 23.3 Å². The number of fused-ring (bicyclic) bond motifs is 3. The van der Waals surface area contributed by atoms with Crippen LogP contribution < -0.4 is 0 Å². The number of hydrogen-bond donors (Lipinski definition) is 0. The van der Waals surface area contributed by atoms with E-state index in [4.69, 9.17) is 18.9 Å². The SMILES string of the molecule is CC(=O)OC[C@]12CCC(=O)OC(C)(C)[C@@H]1CC=C1[C@]3(C)CC[C@H]([C@H](C)[C@@H]4CC=C(C)C(=O)O4)[C@@]3(C)C[C@H]3O[C@@]132. The molecule has 0 aromatic carbocycles. The number of esters is 3. The normalized spacial score (nSPS) is 46.5. The Hall–Kier alpha value is -2.15. The zero-order valence-corrected chi connectivity index (χ0v) is 24.6. The summed E-state index contributed by atoms with van der Waals surface area (Å²) in [6.45, 7) is 14.6. The molecule has 6 rings (SSSR count). The third-order valence-corrected chi connectivity index (χ3v) is 12.3. The van der Waals surface area contributed by atoms with Gasteiger partial charge in [-0.1, -0.05) is 32.9 Å². The van der Waals surface area contributed by atoms with Crippen LogP contribution >= 0.6 is 0 Å². The zero-order valence-electron chi connectivity index (χ0n) is 24.6. The highest BCUT2D eigenvalue weighted by Crippen LogP contribution is 2.79. The van der Waals surface area contributed by atoms with Crippen LogP contribution in [-0.2, 0) is 33.3 Å². The fourth-order valence-corrected chi connectivity index (χ4v) is 10.1. The van der Waals surface area contributed by atoms with Gasteiger partial charge in [-0.15, -0.1) is 0 Å². The molecule has 39 heavy (non-hydrogen) atoms. The van der Waals surface area contributed by atoms with Gasteiger partial charge >= 0.3 is 17.9 Å². The molecule has 0 aromatic rings. The molecular weight excluding hydrogens is 496 g/mol. The van der Waals surface area contributed by atoms with Gasteiger partial charge in [0, 0.05) is 36.7 Å². The van der Waals surface area contributed by atoms with E-state index in [0.717, 1.165) is 32.1 Å². The maximum absolute atomic E-state index is 12.8. The topological polar surface area (TPSA) is 91.4 Å². The molecule has 0 amide bonds. The Morgan fingerprint density at radius 3 is 2.56 bits per heavy atom. The summed E-state index contributed by atoms with van der Waals surface area (Å²) in [5.74, 6) is -0.113. The third-order valence-electron chi connectivity index (χ3n) is 12.3. The second kappa shape index (κ2) is 8.43. The fraction of sp³-hybridized carbons (Fsp3) is 0.781. The first-order chi connectivity index (χ1) is 18.2. The molecule has 2 saturated heterocycles. The van der Waals surface area contributed by atoms with E-state index >= 15 is 0 Å². The van der Waals surface area contributed by atoms with Gasteiger partial charge in [-0.3, -0.25) is 9.59 Å². The Labute approximate surface area is 232 Å². The highest BCUT2D eigenvalue weighted by Gasteiger charge is 2.83. The zero-order chi connectivity index (χ0) is 28.2. The van der Waals surface area contributed by atoms with Crippen LogP contribution in [-0.4, -0.2) is 47.9 Å². The minimum absolute atomic E-state index is 0.00645. The Kier molecular flexibility index (Phi) is 5.85. The Morgan fingerprint density at radius 1 is 1.13 bits per heavy atom. The summed E-state index contributed by atoms with van der Waals surface area (Å²) in [7, 11) is 0. The highest BCUT2D eigenvalue weighted by atomic mass is 16.6. The molecule has 7 nitrogen and oxygen atoms in total. The number of carbonyl (C=O) groups excluding carboxylic acids is 3. The molecule has 9 atom stereocenters. The van der Waals surface area contributed by atoms with Gasteiger partial charge in [0.25, 0.3) is 0 Å². The summed E-state index contributed by atoms with van der Waals surface area (Å²) in [6, 6.07) is 0. The molecule has 2 saturated carbocycles. The monoisotopic (exact) mass is 540 g/mol. The Bertz CT molecular complexity index is 1180. The highest BCUT2D eigenvalue weighted by molar-refractivity contribution is 5.88. The van der Waals surface area contributed by atoms with Crippen molar-refractivity contribution in [3.05, 3.63) is 23.3 Å². The van der Waals surface area contributed by atoms with Crippen LogP contribution in [0.3, 0.4) is 0 Å². The minimum Gasteiger partial charge on any atom is -0.465 e. The van der Waals surface area contributed by atoms with Gasteiger partial charge in [0.2, 0.25) is 0 Å². The molecule has 1 spiro atoms. The van der Waals surface area contributed by atoms with Gasteiger partial charge in [0.05, 0.1) is 6.10 Å². The minimum atomic E-state index is -0.702. The number of epoxide rings is 1. The number of rotatable bonds is 4. The van der Waals surface area contributed by atoms with E-state index in [-0.39, 0.29) is 59.4 Å². The maximum atomic E-state index is 12.8. The fourth-order valence-electron chi connectivity index (χ4n) is 10.1. The molecule has 214 valence electrons. The van der Waals surface area contributed by atoms with Crippen molar-refractivity contribution >= 4 is 17.9 Å². The van der Waals surface area contributed by atoms with Crippen molar-refractivity contribution in [1.82, 2.24) is 0 Å². The predicted molar refractivity (Wildman–Crippen MR) is 143 cm³/mol. The molecule has 4 fully saturated rings. The van der Waals surface area contributed by atoms with Crippen LogP contribution in [0.1, 0.15) is 93.4 Å². The van der Waals surface area contributed by atoms with Gasteiger partial charge in [-0.05, 0) is 81.1 Å². The standard InChI is InChI=1S/C32H44O7/c1-18-8-9-22(37-27(18)35)19(2)21-12-14-29(6)24-11-10-23-28(4,5)39-26(34)13-15-31(23,17-36-20(3)33)32(24)25(38-32)16-30(21,29)7/h8,11,19,21-23,25H,9-10,12-17H2,1-7H3/t19-,21+,22-,23-,25+,29-,30+,31+,32-/m0/s1. The van der Waals surface area contributed by atoms with E-state index in [2.05, 4.69) is 26.8 Å². The lowest BCUT2D eigenvalue weighted by Crippen LogP contribution is -2.63. The predicted octanol–water partition coefficient (Wildman–Crippen LogP) is 5.46. The summed E-state index contributed by atoms with van der Waals surface area (Å²) in [4.78, 5) is 37.3. The van der Waals surface area contributed by atoms with Crippen molar-refractivity contribution in [3.63, 3.8) is 0 Å². The van der Waals surface area contributed by atoms with Crippen LogP contribution in [0.2, 0.25) is 0 Å².